The molecular weight excluding hydrogens is 540 g/mol. The minimum atomic E-state index is -4.51. The van der Waals surface area contributed by atoms with Crippen molar-refractivity contribution in [3.8, 4) is 11.1 Å². The predicted octanol–water partition coefficient (Wildman–Crippen LogP) is 4.57. The van der Waals surface area contributed by atoms with Crippen molar-refractivity contribution >= 4 is 16.9 Å². The number of pyridine rings is 1. The number of nitrogens with zero attached hydrogens (tertiary/aromatic N) is 6. The van der Waals surface area contributed by atoms with Gasteiger partial charge < -0.3 is 9.88 Å². The molecule has 0 spiro atoms. The summed E-state index contributed by atoms with van der Waals surface area (Å²) in [6, 6.07) is 9.18. The molecule has 0 radical (unpaired) electrons. The summed E-state index contributed by atoms with van der Waals surface area (Å²) in [5.41, 5.74) is 4.44. The Morgan fingerprint density at radius 1 is 0.950 bits per heavy atom. The fraction of sp³-hybridized carbons (Fsp3) is 0.385. The van der Waals surface area contributed by atoms with Crippen LogP contribution >= 0.6 is 0 Å². The second kappa shape index (κ2) is 10.9. The van der Waals surface area contributed by atoms with Crippen LogP contribution in [0.1, 0.15) is 23.5 Å². The molecule has 1 aliphatic rings. The predicted molar refractivity (Wildman–Crippen MR) is 133 cm³/mol. The molecule has 40 heavy (non-hydrogen) atoms. The molecule has 0 atom stereocenters. The molecular formula is C26H25F6N7O. The van der Waals surface area contributed by atoms with Crippen molar-refractivity contribution in [2.75, 3.05) is 26.2 Å². The van der Waals surface area contributed by atoms with Crippen molar-refractivity contribution in [1.82, 2.24) is 34.5 Å². The molecule has 1 N–H and O–H groups in total. The zero-order valence-corrected chi connectivity index (χ0v) is 21.1. The van der Waals surface area contributed by atoms with Crippen LogP contribution in [-0.2, 0) is 24.3 Å². The second-order valence-electron chi connectivity index (χ2n) is 9.74. The molecule has 0 bridgehead atoms. The molecule has 212 valence electrons. The second-order valence-corrected chi connectivity index (χ2v) is 9.74. The maximum absolute atomic E-state index is 12.6. The molecule has 1 aromatic carbocycles. The summed E-state index contributed by atoms with van der Waals surface area (Å²) >= 11 is 0. The Morgan fingerprint density at radius 3 is 2.45 bits per heavy atom. The highest BCUT2D eigenvalue weighted by Gasteiger charge is 2.34. The van der Waals surface area contributed by atoms with E-state index in [1.165, 1.54) is 17.3 Å². The highest BCUT2D eigenvalue weighted by Crippen LogP contribution is 2.25. The summed E-state index contributed by atoms with van der Waals surface area (Å²) in [4.78, 5) is 27.4. The van der Waals surface area contributed by atoms with Crippen molar-refractivity contribution < 1.29 is 31.1 Å². The normalized spacial score (nSPS) is 15.2. The number of imidazole rings is 1. The zero-order valence-electron chi connectivity index (χ0n) is 21.1. The Bertz CT molecular complexity index is 1480. The van der Waals surface area contributed by atoms with Gasteiger partial charge in [-0.2, -0.15) is 31.4 Å². The summed E-state index contributed by atoms with van der Waals surface area (Å²) in [7, 11) is 0. The third-order valence-electron chi connectivity index (χ3n) is 6.55. The number of hydrogen-bond donors (Lipinski definition) is 1. The first kappa shape index (κ1) is 27.6. The van der Waals surface area contributed by atoms with Gasteiger partial charge in [0.1, 0.15) is 18.8 Å². The number of benzene rings is 1. The van der Waals surface area contributed by atoms with Crippen molar-refractivity contribution in [2.24, 2.45) is 0 Å². The van der Waals surface area contributed by atoms with Gasteiger partial charge in [-0.25, -0.2) is 4.98 Å². The first-order valence-electron chi connectivity index (χ1n) is 12.5. The first-order chi connectivity index (χ1) is 18.9. The van der Waals surface area contributed by atoms with E-state index in [4.69, 9.17) is 0 Å². The van der Waals surface area contributed by atoms with E-state index in [2.05, 4.69) is 25.0 Å². The Morgan fingerprint density at radius 2 is 1.73 bits per heavy atom. The highest BCUT2D eigenvalue weighted by molar-refractivity contribution is 5.81. The minimum Gasteiger partial charge on any atom is -0.342 e. The third kappa shape index (κ3) is 7.17. The van der Waals surface area contributed by atoms with E-state index in [1.807, 2.05) is 18.2 Å². The van der Waals surface area contributed by atoms with Crippen molar-refractivity contribution in [3.05, 3.63) is 66.0 Å². The molecule has 5 rings (SSSR count). The van der Waals surface area contributed by atoms with Crippen LogP contribution in [0, 0.1) is 0 Å². The van der Waals surface area contributed by atoms with Gasteiger partial charge in [0.2, 0.25) is 5.91 Å². The monoisotopic (exact) mass is 565 g/mol. The van der Waals surface area contributed by atoms with Crippen LogP contribution in [-0.4, -0.2) is 79.0 Å². The number of alkyl halides is 6. The molecule has 8 nitrogen and oxygen atoms in total. The highest BCUT2D eigenvalue weighted by atomic mass is 19.4. The molecule has 0 saturated carbocycles. The van der Waals surface area contributed by atoms with Gasteiger partial charge in [-0.05, 0) is 35.4 Å². The number of hydrogen-bond acceptors (Lipinski definition) is 5. The Hall–Kier alpha value is -3.94. The topological polar surface area (TPSA) is 82.9 Å². The summed E-state index contributed by atoms with van der Waals surface area (Å²) in [6.45, 7) is 0.855. The average Bonchev–Trinajstić information content (AvgIpc) is 3.48. The lowest BCUT2D eigenvalue weighted by Crippen LogP contribution is -2.49. The van der Waals surface area contributed by atoms with Gasteiger partial charge in [-0.1, -0.05) is 6.07 Å². The van der Waals surface area contributed by atoms with Gasteiger partial charge in [-0.3, -0.25) is 19.4 Å². The number of fused-ring (bicyclic) bond motifs is 1. The molecule has 1 aliphatic heterocycles. The van der Waals surface area contributed by atoms with E-state index < -0.39 is 31.2 Å². The van der Waals surface area contributed by atoms with Gasteiger partial charge >= 0.3 is 12.4 Å². The van der Waals surface area contributed by atoms with Crippen LogP contribution in [0.2, 0.25) is 0 Å². The summed E-state index contributed by atoms with van der Waals surface area (Å²) in [5.74, 6) is -0.228. The number of H-pyrrole nitrogens is 1. The van der Waals surface area contributed by atoms with Gasteiger partial charge in [-0.15, -0.1) is 0 Å². The lowest BCUT2D eigenvalue weighted by Gasteiger charge is -2.35. The van der Waals surface area contributed by atoms with Gasteiger partial charge in [0, 0.05) is 62.8 Å². The van der Waals surface area contributed by atoms with E-state index in [0.717, 1.165) is 21.5 Å². The molecule has 3 aromatic heterocycles. The quantitative estimate of drug-likeness (QED) is 0.332. The van der Waals surface area contributed by atoms with Crippen LogP contribution in [0.25, 0.3) is 22.2 Å². The lowest BCUT2D eigenvalue weighted by molar-refractivity contribution is -0.162. The SMILES string of the molecule is O=C(CC(F)(F)F)N1CCN(Cc2ccnc(Cc3nc4ccc(-c5cnn(CC(F)(F)F)c5)cc4[nH]3)c2)CC1. The number of carbonyl (C=O) groups excluding carboxylic acids is 1. The van der Waals surface area contributed by atoms with E-state index >= 15 is 0 Å². The number of halogens is 6. The number of piperazine rings is 1. The van der Waals surface area contributed by atoms with Crippen LogP contribution in [0.15, 0.2) is 48.9 Å². The first-order valence-corrected chi connectivity index (χ1v) is 12.5. The minimum absolute atomic E-state index is 0.247. The summed E-state index contributed by atoms with van der Waals surface area (Å²) in [5, 5.41) is 3.79. The van der Waals surface area contributed by atoms with E-state index in [0.29, 0.717) is 48.5 Å². The Labute approximate surface area is 224 Å². The van der Waals surface area contributed by atoms with E-state index in [9.17, 15) is 31.1 Å². The fourth-order valence-electron chi connectivity index (χ4n) is 4.70. The molecule has 4 heterocycles. The number of rotatable bonds is 7. The van der Waals surface area contributed by atoms with Crippen LogP contribution in [0.5, 0.6) is 0 Å². The number of amides is 1. The fourth-order valence-corrected chi connectivity index (χ4v) is 4.70. The molecule has 1 amide bonds. The Balaban J connectivity index is 1.20. The third-order valence-corrected chi connectivity index (χ3v) is 6.55. The van der Waals surface area contributed by atoms with Crippen LogP contribution in [0.3, 0.4) is 0 Å². The number of aromatic nitrogens is 5. The largest absolute Gasteiger partial charge is 0.408 e. The van der Waals surface area contributed by atoms with Gasteiger partial charge in [0.05, 0.1) is 17.2 Å². The Kier molecular flexibility index (Phi) is 7.53. The van der Waals surface area contributed by atoms with E-state index in [1.54, 1.807) is 18.3 Å². The zero-order chi connectivity index (χ0) is 28.5. The van der Waals surface area contributed by atoms with Crippen LogP contribution in [0.4, 0.5) is 26.3 Å². The molecule has 14 heteroatoms. The molecule has 0 aliphatic carbocycles. The summed E-state index contributed by atoms with van der Waals surface area (Å²) in [6.07, 6.45) is -5.45. The van der Waals surface area contributed by atoms with Gasteiger partial charge in [0.25, 0.3) is 0 Å². The molecule has 4 aromatic rings. The number of carbonyl (C=O) groups is 1. The maximum Gasteiger partial charge on any atom is 0.408 e. The number of aromatic amines is 1. The van der Waals surface area contributed by atoms with E-state index in [-0.39, 0.29) is 13.1 Å². The van der Waals surface area contributed by atoms with Crippen molar-refractivity contribution in [1.29, 1.82) is 0 Å². The van der Waals surface area contributed by atoms with Gasteiger partial charge in [0.15, 0.2) is 0 Å². The maximum atomic E-state index is 12.6. The molecule has 1 saturated heterocycles. The lowest BCUT2D eigenvalue weighted by atomic mass is 10.1. The van der Waals surface area contributed by atoms with Crippen LogP contribution < -0.4 is 0 Å². The molecule has 1 fully saturated rings. The molecule has 0 unspecified atom stereocenters. The number of nitrogens with one attached hydrogen (secondary N) is 1. The average molecular weight is 566 g/mol. The van der Waals surface area contributed by atoms with Crippen molar-refractivity contribution in [3.63, 3.8) is 0 Å². The smallest absolute Gasteiger partial charge is 0.342 e. The summed E-state index contributed by atoms with van der Waals surface area (Å²) < 4.78 is 76.3. The standard InChI is InChI=1S/C26H25F6N7O/c27-25(28,29)12-24(40)38-7-5-37(6-8-38)14-17-3-4-33-20(9-17)11-23-35-21-2-1-18(10-22(21)36-23)19-13-34-39(15-19)16-26(30,31)32/h1-4,9-10,13,15H,5-8,11-12,14,16H2,(H,35,36). The van der Waals surface area contributed by atoms with Crippen molar-refractivity contribution in [2.45, 2.75) is 38.3 Å².